The van der Waals surface area contributed by atoms with Crippen molar-refractivity contribution in [1.82, 2.24) is 10.6 Å². The van der Waals surface area contributed by atoms with Crippen molar-refractivity contribution in [2.24, 2.45) is 5.92 Å². The minimum atomic E-state index is -1.19. The molecule has 8 nitrogen and oxygen atoms in total. The highest BCUT2D eigenvalue weighted by atomic mass is 16.5. The Morgan fingerprint density at radius 3 is 2.23 bits per heavy atom. The smallest absolute Gasteiger partial charge is 0.408 e. The number of rotatable bonds is 10. The number of carboxylic acid groups (broad SMARTS) is 1. The van der Waals surface area contributed by atoms with Crippen LogP contribution in [-0.2, 0) is 27.4 Å². The summed E-state index contributed by atoms with van der Waals surface area (Å²) in [5.41, 5.74) is 1.46. The van der Waals surface area contributed by atoms with Gasteiger partial charge in [0.2, 0.25) is 5.91 Å². The molecule has 0 aliphatic carbocycles. The van der Waals surface area contributed by atoms with Gasteiger partial charge in [-0.2, -0.15) is 0 Å². The van der Waals surface area contributed by atoms with Crippen molar-refractivity contribution in [2.45, 2.75) is 39.0 Å². The number of carboxylic acids is 1. The second-order valence-electron chi connectivity index (χ2n) is 7.34. The van der Waals surface area contributed by atoms with E-state index in [0.717, 1.165) is 5.56 Å². The third-order valence-electron chi connectivity index (χ3n) is 4.67. The van der Waals surface area contributed by atoms with Gasteiger partial charge in [0.1, 0.15) is 24.4 Å². The maximum absolute atomic E-state index is 12.8. The van der Waals surface area contributed by atoms with Crippen LogP contribution in [0.25, 0.3) is 0 Å². The third kappa shape index (κ3) is 7.33. The fourth-order valence-electron chi connectivity index (χ4n) is 2.98. The molecule has 3 N–H and O–H groups in total. The van der Waals surface area contributed by atoms with Crippen molar-refractivity contribution in [3.05, 3.63) is 65.7 Å². The summed E-state index contributed by atoms with van der Waals surface area (Å²) in [4.78, 5) is 36.7. The van der Waals surface area contributed by atoms with E-state index in [4.69, 9.17) is 9.47 Å². The largest absolute Gasteiger partial charge is 0.496 e. The average Bonchev–Trinajstić information content (AvgIpc) is 2.76. The first-order chi connectivity index (χ1) is 14.8. The third-order valence-corrected chi connectivity index (χ3v) is 4.67. The first-order valence-electron chi connectivity index (χ1n) is 9.94. The molecule has 0 fully saturated rings. The van der Waals surface area contributed by atoms with Crippen LogP contribution in [0, 0.1) is 5.92 Å². The van der Waals surface area contributed by atoms with E-state index in [0.29, 0.717) is 11.3 Å². The predicted octanol–water partition coefficient (Wildman–Crippen LogP) is 2.76. The molecule has 0 saturated heterocycles. The normalized spacial score (nSPS) is 12.5. The van der Waals surface area contributed by atoms with Crippen LogP contribution in [0.15, 0.2) is 54.6 Å². The molecule has 0 aliphatic rings. The maximum atomic E-state index is 12.8. The van der Waals surface area contributed by atoms with Gasteiger partial charge in [0.05, 0.1) is 7.11 Å². The second-order valence-corrected chi connectivity index (χ2v) is 7.34. The van der Waals surface area contributed by atoms with Crippen LogP contribution in [0.5, 0.6) is 5.75 Å². The summed E-state index contributed by atoms with van der Waals surface area (Å²) >= 11 is 0. The molecule has 2 amide bonds. The van der Waals surface area contributed by atoms with Crippen LogP contribution in [-0.4, -0.2) is 42.3 Å². The number of hydrogen-bond acceptors (Lipinski definition) is 5. The zero-order valence-corrected chi connectivity index (χ0v) is 17.8. The summed E-state index contributed by atoms with van der Waals surface area (Å²) in [5.74, 6) is -1.54. The average molecular weight is 428 g/mol. The summed E-state index contributed by atoms with van der Waals surface area (Å²) in [6.45, 7) is 3.56. The Morgan fingerprint density at radius 1 is 0.968 bits per heavy atom. The number of nitrogens with one attached hydrogen (secondary N) is 2. The van der Waals surface area contributed by atoms with Gasteiger partial charge >= 0.3 is 12.1 Å². The lowest BCUT2D eigenvalue weighted by Gasteiger charge is -2.24. The van der Waals surface area contributed by atoms with Gasteiger partial charge in [-0.1, -0.05) is 62.4 Å². The van der Waals surface area contributed by atoms with Gasteiger partial charge < -0.3 is 25.2 Å². The topological polar surface area (TPSA) is 114 Å². The van der Waals surface area contributed by atoms with E-state index < -0.39 is 30.1 Å². The highest BCUT2D eigenvalue weighted by Crippen LogP contribution is 2.19. The van der Waals surface area contributed by atoms with Crippen molar-refractivity contribution >= 4 is 18.0 Å². The van der Waals surface area contributed by atoms with Crippen LogP contribution in [0.1, 0.15) is 25.0 Å². The summed E-state index contributed by atoms with van der Waals surface area (Å²) in [7, 11) is 1.49. The molecule has 2 atom stereocenters. The van der Waals surface area contributed by atoms with Crippen LogP contribution >= 0.6 is 0 Å². The van der Waals surface area contributed by atoms with Gasteiger partial charge in [0.25, 0.3) is 0 Å². The number of hydrogen-bond donors (Lipinski definition) is 3. The standard InChI is InChI=1S/C23H28N2O6/c1-15(2)20(25-23(29)31-14-16-9-5-4-6-10-16)21(26)24-18(22(27)28)13-17-11-7-8-12-19(17)30-3/h4-12,15,18,20H,13-14H2,1-3H3,(H,24,26)(H,25,29)(H,27,28)/t18-,20+/m1/s1. The first-order valence-corrected chi connectivity index (χ1v) is 9.94. The molecule has 2 rings (SSSR count). The molecule has 8 heteroatoms. The van der Waals surface area contributed by atoms with E-state index in [2.05, 4.69) is 10.6 Å². The van der Waals surface area contributed by atoms with Crippen molar-refractivity contribution in [3.8, 4) is 5.75 Å². The molecule has 0 bridgehead atoms. The second kappa shape index (κ2) is 11.6. The van der Waals surface area contributed by atoms with Crippen molar-refractivity contribution < 1.29 is 29.0 Å². The van der Waals surface area contributed by atoms with E-state index in [1.807, 2.05) is 30.3 Å². The summed E-state index contributed by atoms with van der Waals surface area (Å²) in [5, 5.41) is 14.6. The van der Waals surface area contributed by atoms with Crippen molar-refractivity contribution in [1.29, 1.82) is 0 Å². The molecule has 0 heterocycles. The molecule has 166 valence electrons. The van der Waals surface area contributed by atoms with Crippen LogP contribution < -0.4 is 15.4 Å². The lowest BCUT2D eigenvalue weighted by atomic mass is 10.0. The van der Waals surface area contributed by atoms with E-state index in [-0.39, 0.29) is 18.9 Å². The Morgan fingerprint density at radius 2 is 1.61 bits per heavy atom. The summed E-state index contributed by atoms with van der Waals surface area (Å²) in [6.07, 6.45) is -0.719. The molecule has 2 aromatic carbocycles. The lowest BCUT2D eigenvalue weighted by Crippen LogP contribution is -2.54. The number of amides is 2. The van der Waals surface area contributed by atoms with Gasteiger partial charge in [0, 0.05) is 6.42 Å². The molecule has 31 heavy (non-hydrogen) atoms. The number of ether oxygens (including phenoxy) is 2. The molecular formula is C23H28N2O6. The molecular weight excluding hydrogens is 400 g/mol. The fourth-order valence-corrected chi connectivity index (χ4v) is 2.98. The van der Waals surface area contributed by atoms with Crippen LogP contribution in [0.4, 0.5) is 4.79 Å². The van der Waals surface area contributed by atoms with Crippen molar-refractivity contribution in [3.63, 3.8) is 0 Å². The number of carbonyl (C=O) groups excluding carboxylic acids is 2. The van der Waals surface area contributed by atoms with Crippen LogP contribution in [0.2, 0.25) is 0 Å². The fraction of sp³-hybridized carbons (Fsp3) is 0.348. The van der Waals surface area contributed by atoms with E-state index in [1.54, 1.807) is 38.1 Å². The van der Waals surface area contributed by atoms with Crippen LogP contribution in [0.3, 0.4) is 0 Å². The molecule has 2 aromatic rings. The van der Waals surface area contributed by atoms with Gasteiger partial charge in [-0.25, -0.2) is 9.59 Å². The Labute approximate surface area is 181 Å². The molecule has 0 radical (unpaired) electrons. The Bertz CT molecular complexity index is 885. The first kappa shape index (κ1) is 23.7. The number of para-hydroxylation sites is 1. The summed E-state index contributed by atoms with van der Waals surface area (Å²) < 4.78 is 10.4. The molecule has 0 aliphatic heterocycles. The van der Waals surface area contributed by atoms with Gasteiger partial charge in [-0.3, -0.25) is 4.79 Å². The van der Waals surface area contributed by atoms with E-state index >= 15 is 0 Å². The van der Waals surface area contributed by atoms with Gasteiger partial charge in [0.15, 0.2) is 0 Å². The molecule has 0 spiro atoms. The zero-order valence-electron chi connectivity index (χ0n) is 17.8. The van der Waals surface area contributed by atoms with Gasteiger partial charge in [-0.05, 0) is 23.1 Å². The van der Waals surface area contributed by atoms with E-state index in [9.17, 15) is 19.5 Å². The zero-order chi connectivity index (χ0) is 22.8. The SMILES string of the molecule is COc1ccccc1C[C@@H](NC(=O)[C@@H](NC(=O)OCc1ccccc1)C(C)C)C(=O)O. The Kier molecular flexibility index (Phi) is 8.87. The number of methoxy groups -OCH3 is 1. The minimum Gasteiger partial charge on any atom is -0.496 e. The summed E-state index contributed by atoms with van der Waals surface area (Å²) in [6, 6.07) is 14.0. The Hall–Kier alpha value is -3.55. The molecule has 0 aromatic heterocycles. The van der Waals surface area contributed by atoms with E-state index in [1.165, 1.54) is 7.11 Å². The Balaban J connectivity index is 2.01. The predicted molar refractivity (Wildman–Crippen MR) is 115 cm³/mol. The highest BCUT2D eigenvalue weighted by molar-refractivity contribution is 5.89. The minimum absolute atomic E-state index is 0.0361. The van der Waals surface area contributed by atoms with Gasteiger partial charge in [-0.15, -0.1) is 0 Å². The molecule has 0 saturated carbocycles. The lowest BCUT2D eigenvalue weighted by molar-refractivity contribution is -0.142. The monoisotopic (exact) mass is 428 g/mol. The molecule has 0 unspecified atom stereocenters. The number of carbonyl (C=O) groups is 3. The maximum Gasteiger partial charge on any atom is 0.408 e. The number of aliphatic carboxylic acids is 1. The quantitative estimate of drug-likeness (QED) is 0.536. The number of alkyl carbamates (subject to hydrolysis) is 1. The highest BCUT2D eigenvalue weighted by Gasteiger charge is 2.29. The number of benzene rings is 2. The van der Waals surface area contributed by atoms with Crippen molar-refractivity contribution in [2.75, 3.05) is 7.11 Å².